The topological polar surface area (TPSA) is 89.2 Å². The predicted octanol–water partition coefficient (Wildman–Crippen LogP) is 4.62. The first-order valence-corrected chi connectivity index (χ1v) is 11.0. The van der Waals surface area contributed by atoms with E-state index in [0.717, 1.165) is 19.3 Å². The Labute approximate surface area is 188 Å². The van der Waals surface area contributed by atoms with Crippen molar-refractivity contribution < 1.29 is 28.6 Å². The summed E-state index contributed by atoms with van der Waals surface area (Å²) in [5.74, 6) is 0.185. The Balaban J connectivity index is 1.91. The number of ether oxygens (including phenoxy) is 2. The number of furan rings is 1. The molecule has 2 aromatic rings. The van der Waals surface area contributed by atoms with Crippen molar-refractivity contribution in [3.05, 3.63) is 59.1 Å². The van der Waals surface area contributed by atoms with Gasteiger partial charge in [-0.1, -0.05) is 19.8 Å². The molecule has 1 atom stereocenters. The molecule has 32 heavy (non-hydrogen) atoms. The molecule has 1 unspecified atom stereocenters. The molecule has 3 rings (SSSR count). The summed E-state index contributed by atoms with van der Waals surface area (Å²) in [6, 6.07) is 9.60. The summed E-state index contributed by atoms with van der Waals surface area (Å²) in [5.41, 5.74) is 0.465. The predicted molar refractivity (Wildman–Crippen MR) is 120 cm³/mol. The molecule has 1 fully saturated rings. The lowest BCUT2D eigenvalue weighted by atomic mass is 9.99. The number of hydrogen-bond donors (Lipinski definition) is 1. The van der Waals surface area contributed by atoms with Crippen LogP contribution in [0.25, 0.3) is 5.76 Å². The Kier molecular flexibility index (Phi) is 8.11. The van der Waals surface area contributed by atoms with Gasteiger partial charge in [0.05, 0.1) is 12.2 Å². The number of carbonyl (C=O) groups is 2. The molecule has 1 aromatic carbocycles. The number of amides is 1. The number of ketones is 1. The van der Waals surface area contributed by atoms with Gasteiger partial charge in [0, 0.05) is 25.8 Å². The first-order chi connectivity index (χ1) is 15.5. The van der Waals surface area contributed by atoms with Crippen molar-refractivity contribution in [1.82, 2.24) is 4.90 Å². The summed E-state index contributed by atoms with van der Waals surface area (Å²) in [7, 11) is 1.58. The van der Waals surface area contributed by atoms with Gasteiger partial charge >= 0.3 is 0 Å². The molecule has 7 heteroatoms. The molecule has 0 bridgehead atoms. The summed E-state index contributed by atoms with van der Waals surface area (Å²) in [4.78, 5) is 27.1. The first-order valence-electron chi connectivity index (χ1n) is 11.0. The highest BCUT2D eigenvalue weighted by molar-refractivity contribution is 6.46. The Morgan fingerprint density at radius 1 is 1.06 bits per heavy atom. The fraction of sp³-hybridized carbons (Fsp3) is 0.440. The van der Waals surface area contributed by atoms with E-state index in [1.807, 2.05) is 0 Å². The second-order valence-electron chi connectivity index (χ2n) is 7.87. The van der Waals surface area contributed by atoms with Crippen molar-refractivity contribution in [3.63, 3.8) is 0 Å². The van der Waals surface area contributed by atoms with E-state index in [-0.39, 0.29) is 11.3 Å². The summed E-state index contributed by atoms with van der Waals surface area (Å²) in [5, 5.41) is 11.0. The first kappa shape index (κ1) is 23.6. The molecule has 2 heterocycles. The summed E-state index contributed by atoms with van der Waals surface area (Å²) in [6.45, 7) is 5.32. The third-order valence-electron chi connectivity index (χ3n) is 5.46. The van der Waals surface area contributed by atoms with E-state index >= 15 is 0 Å². The molecule has 0 radical (unpaired) electrons. The highest BCUT2D eigenvalue weighted by Crippen LogP contribution is 2.40. The minimum Gasteiger partial charge on any atom is -0.507 e. The number of aliphatic hydroxyl groups is 1. The highest BCUT2D eigenvalue weighted by Gasteiger charge is 2.47. The zero-order valence-electron chi connectivity index (χ0n) is 18.9. The number of aryl methyl sites for hydroxylation is 1. The minimum atomic E-state index is -0.787. The Bertz CT molecular complexity index is 959. The van der Waals surface area contributed by atoms with Crippen LogP contribution in [-0.4, -0.2) is 48.6 Å². The minimum absolute atomic E-state index is 0.0263. The molecular weight excluding hydrogens is 410 g/mol. The van der Waals surface area contributed by atoms with Crippen molar-refractivity contribution in [1.29, 1.82) is 0 Å². The fourth-order valence-electron chi connectivity index (χ4n) is 3.79. The van der Waals surface area contributed by atoms with Crippen molar-refractivity contribution in [3.8, 4) is 5.75 Å². The van der Waals surface area contributed by atoms with Crippen molar-refractivity contribution >= 4 is 17.4 Å². The molecule has 0 aliphatic carbocycles. The van der Waals surface area contributed by atoms with Gasteiger partial charge in [-0.25, -0.2) is 0 Å². The summed E-state index contributed by atoms with van der Waals surface area (Å²) in [6.07, 6.45) is 3.77. The Morgan fingerprint density at radius 2 is 1.81 bits per heavy atom. The van der Waals surface area contributed by atoms with Crippen LogP contribution in [0.3, 0.4) is 0 Å². The second-order valence-corrected chi connectivity index (χ2v) is 7.87. The molecule has 7 nitrogen and oxygen atoms in total. The van der Waals surface area contributed by atoms with Gasteiger partial charge in [0.15, 0.2) is 0 Å². The van der Waals surface area contributed by atoms with Gasteiger partial charge in [0.2, 0.25) is 0 Å². The molecule has 172 valence electrons. The number of likely N-dealkylation sites (tertiary alicyclic amines) is 1. The molecular formula is C25H31NO6. The van der Waals surface area contributed by atoms with Crippen molar-refractivity contribution in [2.45, 2.75) is 45.6 Å². The van der Waals surface area contributed by atoms with Gasteiger partial charge in [-0.05, 0) is 56.2 Å². The molecule has 1 saturated heterocycles. The summed E-state index contributed by atoms with van der Waals surface area (Å²) < 4.78 is 16.6. The van der Waals surface area contributed by atoms with Crippen LogP contribution in [0.4, 0.5) is 0 Å². The maximum absolute atomic E-state index is 12.9. The van der Waals surface area contributed by atoms with Crippen LogP contribution in [0.1, 0.15) is 55.7 Å². The SMILES string of the molecule is CCCCCOc1ccc(/C(O)=C2/C(=O)C(=O)N(CCCOC)C2c2ccc(C)o2)cc1. The number of nitrogens with zero attached hydrogens (tertiary/aromatic N) is 1. The lowest BCUT2D eigenvalue weighted by Gasteiger charge is -2.23. The van der Waals surface area contributed by atoms with Crippen LogP contribution in [0, 0.1) is 6.92 Å². The zero-order chi connectivity index (χ0) is 23.1. The number of rotatable bonds is 11. The average molecular weight is 442 g/mol. The zero-order valence-corrected chi connectivity index (χ0v) is 18.9. The third kappa shape index (κ3) is 5.22. The van der Waals surface area contributed by atoms with Crippen LogP contribution in [0.2, 0.25) is 0 Å². The average Bonchev–Trinajstić information content (AvgIpc) is 3.33. The number of benzene rings is 1. The maximum atomic E-state index is 12.9. The highest BCUT2D eigenvalue weighted by atomic mass is 16.5. The molecule has 1 aliphatic rings. The number of carbonyl (C=O) groups excluding carboxylic acids is 2. The van der Waals surface area contributed by atoms with Gasteiger partial charge in [-0.3, -0.25) is 9.59 Å². The van der Waals surface area contributed by atoms with Crippen LogP contribution in [0.5, 0.6) is 5.75 Å². The smallest absolute Gasteiger partial charge is 0.295 e. The molecule has 1 aliphatic heterocycles. The van der Waals surface area contributed by atoms with Crippen LogP contribution in [-0.2, 0) is 14.3 Å². The van der Waals surface area contributed by atoms with Gasteiger partial charge in [-0.2, -0.15) is 0 Å². The van der Waals surface area contributed by atoms with Crippen LogP contribution < -0.4 is 4.74 Å². The van der Waals surface area contributed by atoms with E-state index in [4.69, 9.17) is 13.9 Å². The maximum Gasteiger partial charge on any atom is 0.295 e. The number of hydrogen-bond acceptors (Lipinski definition) is 6. The number of aliphatic hydroxyl groups excluding tert-OH is 1. The standard InChI is InChI=1S/C25H31NO6/c1-4-5-6-16-31-19-11-9-18(10-12-19)23(27)21-22(20-13-8-17(2)32-20)26(14-7-15-30-3)25(29)24(21)28/h8-13,22,27H,4-7,14-16H2,1-3H3/b23-21-. The van der Waals surface area contributed by atoms with E-state index in [1.54, 1.807) is 50.4 Å². The second kappa shape index (κ2) is 11.0. The molecule has 0 spiro atoms. The van der Waals surface area contributed by atoms with Crippen molar-refractivity contribution in [2.24, 2.45) is 0 Å². The third-order valence-corrected chi connectivity index (χ3v) is 5.46. The molecule has 0 saturated carbocycles. The van der Waals surface area contributed by atoms with E-state index in [2.05, 4.69) is 6.92 Å². The summed E-state index contributed by atoms with van der Waals surface area (Å²) >= 11 is 0. The van der Waals surface area contributed by atoms with Gasteiger partial charge in [0.25, 0.3) is 11.7 Å². The fourth-order valence-corrected chi connectivity index (χ4v) is 3.79. The Morgan fingerprint density at radius 3 is 2.44 bits per heavy atom. The van der Waals surface area contributed by atoms with E-state index < -0.39 is 17.7 Å². The van der Waals surface area contributed by atoms with Gasteiger partial charge in [-0.15, -0.1) is 0 Å². The van der Waals surface area contributed by atoms with Crippen LogP contribution in [0.15, 0.2) is 46.4 Å². The van der Waals surface area contributed by atoms with Crippen LogP contribution >= 0.6 is 0 Å². The normalized spacial score (nSPS) is 17.8. The number of methoxy groups -OCH3 is 1. The Hall–Kier alpha value is -3.06. The number of unbranched alkanes of at least 4 members (excludes halogenated alkanes) is 2. The van der Waals surface area contributed by atoms with Gasteiger partial charge in [0.1, 0.15) is 29.1 Å². The van der Waals surface area contributed by atoms with E-state index in [1.165, 1.54) is 4.90 Å². The monoisotopic (exact) mass is 441 g/mol. The molecule has 1 N–H and O–H groups in total. The largest absolute Gasteiger partial charge is 0.507 e. The molecule has 1 amide bonds. The van der Waals surface area contributed by atoms with E-state index in [0.29, 0.717) is 49.0 Å². The lowest BCUT2D eigenvalue weighted by molar-refractivity contribution is -0.140. The quantitative estimate of drug-likeness (QED) is 0.237. The van der Waals surface area contributed by atoms with Crippen molar-refractivity contribution in [2.75, 3.05) is 26.9 Å². The molecule has 1 aromatic heterocycles. The number of Topliss-reactive ketones (excluding diaryl/α,β-unsaturated/α-hetero) is 1. The lowest BCUT2D eigenvalue weighted by Crippen LogP contribution is -2.31. The van der Waals surface area contributed by atoms with Gasteiger partial charge < -0.3 is 23.9 Å². The van der Waals surface area contributed by atoms with E-state index in [9.17, 15) is 14.7 Å².